The summed E-state index contributed by atoms with van der Waals surface area (Å²) < 4.78 is 20.9. The van der Waals surface area contributed by atoms with Gasteiger partial charge in [0.15, 0.2) is 0 Å². The van der Waals surface area contributed by atoms with E-state index in [-0.39, 0.29) is 5.82 Å². The van der Waals surface area contributed by atoms with Crippen LogP contribution in [0.2, 0.25) is 5.02 Å². The molecule has 3 rings (SSSR count). The van der Waals surface area contributed by atoms with Gasteiger partial charge in [-0.25, -0.2) is 9.82 Å². The van der Waals surface area contributed by atoms with Crippen molar-refractivity contribution in [2.24, 2.45) is 12.9 Å². The molecule has 21 heavy (non-hydrogen) atoms. The van der Waals surface area contributed by atoms with E-state index in [2.05, 4.69) is 10.5 Å². The average Bonchev–Trinajstić information content (AvgIpc) is 2.95. The molecule has 0 aliphatic rings. The first-order valence-corrected chi connectivity index (χ1v) is 6.72. The number of furan rings is 1. The molecular formula is C14H14ClFN4O. The fraction of sp³-hybridized carbons (Fsp3) is 0.214. The number of hydrazine groups is 1. The third-order valence-electron chi connectivity index (χ3n) is 3.58. The maximum absolute atomic E-state index is 13.4. The summed E-state index contributed by atoms with van der Waals surface area (Å²) in [6, 6.07) is 3.92. The van der Waals surface area contributed by atoms with Crippen molar-refractivity contribution in [1.82, 2.24) is 15.2 Å². The molecule has 0 bridgehead atoms. The maximum atomic E-state index is 13.4. The highest BCUT2D eigenvalue weighted by Gasteiger charge is 2.26. The van der Waals surface area contributed by atoms with E-state index in [9.17, 15) is 4.39 Å². The molecule has 0 radical (unpaired) electrons. The fourth-order valence-corrected chi connectivity index (χ4v) is 2.79. The van der Waals surface area contributed by atoms with Crippen LogP contribution in [0.15, 0.2) is 28.8 Å². The van der Waals surface area contributed by atoms with E-state index in [1.54, 1.807) is 24.0 Å². The van der Waals surface area contributed by atoms with Crippen LogP contribution in [0.1, 0.15) is 23.1 Å². The van der Waals surface area contributed by atoms with Crippen molar-refractivity contribution in [3.63, 3.8) is 0 Å². The second-order valence-corrected chi connectivity index (χ2v) is 5.24. The van der Waals surface area contributed by atoms with Crippen molar-refractivity contribution >= 4 is 22.6 Å². The SMILES string of the molecule is Cc1c(C(NN)c2c(Cl)cnn2C)oc2ccc(F)cc12. The Morgan fingerprint density at radius 2 is 2.24 bits per heavy atom. The lowest BCUT2D eigenvalue weighted by atomic mass is 10.1. The van der Waals surface area contributed by atoms with Gasteiger partial charge in [0, 0.05) is 18.0 Å². The Bertz CT molecular complexity index is 791. The van der Waals surface area contributed by atoms with Crippen LogP contribution in [-0.2, 0) is 7.05 Å². The lowest BCUT2D eigenvalue weighted by Gasteiger charge is -2.15. The normalized spacial score (nSPS) is 13.0. The zero-order chi connectivity index (χ0) is 15.1. The summed E-state index contributed by atoms with van der Waals surface area (Å²) >= 11 is 6.16. The van der Waals surface area contributed by atoms with Crippen LogP contribution in [0.3, 0.4) is 0 Å². The van der Waals surface area contributed by atoms with Crippen molar-refractivity contribution < 1.29 is 8.81 Å². The molecule has 2 heterocycles. The van der Waals surface area contributed by atoms with Gasteiger partial charge in [0.1, 0.15) is 23.2 Å². The molecule has 1 aromatic carbocycles. The van der Waals surface area contributed by atoms with Crippen molar-refractivity contribution in [2.75, 3.05) is 0 Å². The largest absolute Gasteiger partial charge is 0.459 e. The molecule has 3 N–H and O–H groups in total. The van der Waals surface area contributed by atoms with Gasteiger partial charge in [-0.3, -0.25) is 10.5 Å². The van der Waals surface area contributed by atoms with E-state index in [1.807, 2.05) is 6.92 Å². The summed E-state index contributed by atoms with van der Waals surface area (Å²) in [7, 11) is 1.77. The Balaban J connectivity index is 2.20. The highest BCUT2D eigenvalue weighted by molar-refractivity contribution is 6.31. The van der Waals surface area contributed by atoms with Gasteiger partial charge >= 0.3 is 0 Å². The third kappa shape index (κ3) is 2.21. The van der Waals surface area contributed by atoms with Gasteiger partial charge in [0.2, 0.25) is 0 Å². The minimum absolute atomic E-state index is 0.311. The van der Waals surface area contributed by atoms with E-state index < -0.39 is 6.04 Å². The molecule has 1 atom stereocenters. The Kier molecular flexibility index (Phi) is 3.44. The third-order valence-corrected chi connectivity index (χ3v) is 3.87. The first-order valence-electron chi connectivity index (χ1n) is 6.35. The van der Waals surface area contributed by atoms with Gasteiger partial charge in [-0.2, -0.15) is 5.10 Å². The van der Waals surface area contributed by atoms with Crippen LogP contribution in [-0.4, -0.2) is 9.78 Å². The zero-order valence-corrected chi connectivity index (χ0v) is 12.3. The van der Waals surface area contributed by atoms with Gasteiger partial charge in [0.05, 0.1) is 16.9 Å². The molecular weight excluding hydrogens is 295 g/mol. The van der Waals surface area contributed by atoms with Gasteiger partial charge in [-0.15, -0.1) is 0 Å². The quantitative estimate of drug-likeness (QED) is 0.576. The standard InChI is InChI=1S/C14H14ClFN4O/c1-7-9-5-8(16)3-4-11(9)21-14(7)12(19-17)13-10(15)6-18-20(13)2/h3-6,12,19H,17H2,1-2H3. The number of hydrogen-bond acceptors (Lipinski definition) is 4. The lowest BCUT2D eigenvalue weighted by molar-refractivity contribution is 0.455. The summed E-state index contributed by atoms with van der Waals surface area (Å²) in [5.74, 6) is 5.95. The molecule has 1 unspecified atom stereocenters. The van der Waals surface area contributed by atoms with E-state index in [0.29, 0.717) is 27.4 Å². The van der Waals surface area contributed by atoms with Gasteiger partial charge in [-0.1, -0.05) is 11.6 Å². The molecule has 0 fully saturated rings. The van der Waals surface area contributed by atoms with E-state index in [4.69, 9.17) is 21.9 Å². The molecule has 0 amide bonds. The number of rotatable bonds is 3. The lowest BCUT2D eigenvalue weighted by Crippen LogP contribution is -2.30. The zero-order valence-electron chi connectivity index (χ0n) is 11.5. The Morgan fingerprint density at radius 3 is 2.86 bits per heavy atom. The van der Waals surface area contributed by atoms with Crippen LogP contribution < -0.4 is 11.3 Å². The summed E-state index contributed by atoms with van der Waals surface area (Å²) in [4.78, 5) is 0. The summed E-state index contributed by atoms with van der Waals surface area (Å²) in [6.45, 7) is 1.86. The minimum atomic E-state index is -0.472. The van der Waals surface area contributed by atoms with Crippen LogP contribution >= 0.6 is 11.6 Å². The molecule has 2 aromatic heterocycles. The van der Waals surface area contributed by atoms with Crippen LogP contribution in [0, 0.1) is 12.7 Å². The monoisotopic (exact) mass is 308 g/mol. The second-order valence-electron chi connectivity index (χ2n) is 4.83. The predicted molar refractivity (Wildman–Crippen MR) is 78.3 cm³/mol. The average molecular weight is 309 g/mol. The van der Waals surface area contributed by atoms with Crippen LogP contribution in [0.4, 0.5) is 4.39 Å². The number of hydrogen-bond donors (Lipinski definition) is 2. The van der Waals surface area contributed by atoms with Crippen LogP contribution in [0.25, 0.3) is 11.0 Å². The number of benzene rings is 1. The van der Waals surface area contributed by atoms with E-state index in [1.165, 1.54) is 12.1 Å². The van der Waals surface area contributed by atoms with Gasteiger partial charge < -0.3 is 4.42 Å². The summed E-state index contributed by atoms with van der Waals surface area (Å²) in [5, 5.41) is 5.29. The topological polar surface area (TPSA) is 69.0 Å². The fourth-order valence-electron chi connectivity index (χ4n) is 2.51. The number of nitrogens with two attached hydrogens (primary N) is 1. The van der Waals surface area contributed by atoms with Crippen LogP contribution in [0.5, 0.6) is 0 Å². The molecule has 5 nitrogen and oxygen atoms in total. The smallest absolute Gasteiger partial charge is 0.134 e. The number of nitrogens with zero attached hydrogens (tertiary/aromatic N) is 2. The van der Waals surface area contributed by atoms with E-state index >= 15 is 0 Å². The van der Waals surface area contributed by atoms with E-state index in [0.717, 1.165) is 5.56 Å². The minimum Gasteiger partial charge on any atom is -0.459 e. The highest BCUT2D eigenvalue weighted by atomic mass is 35.5. The predicted octanol–water partition coefficient (Wildman–Crippen LogP) is 2.82. The number of nitrogens with one attached hydrogen (secondary N) is 1. The number of fused-ring (bicyclic) bond motifs is 1. The molecule has 0 aliphatic heterocycles. The molecule has 0 aliphatic carbocycles. The molecule has 0 saturated heterocycles. The number of halogens is 2. The Hall–Kier alpha value is -1.89. The second kappa shape index (κ2) is 5.14. The van der Waals surface area contributed by atoms with Gasteiger partial charge in [0.25, 0.3) is 0 Å². The molecule has 3 aromatic rings. The highest BCUT2D eigenvalue weighted by Crippen LogP contribution is 2.34. The number of aryl methyl sites for hydroxylation is 2. The molecule has 0 saturated carbocycles. The van der Waals surface area contributed by atoms with Crippen molar-refractivity contribution in [3.8, 4) is 0 Å². The molecule has 7 heteroatoms. The van der Waals surface area contributed by atoms with Crippen molar-refractivity contribution in [2.45, 2.75) is 13.0 Å². The Labute approximate surface area is 125 Å². The number of aromatic nitrogens is 2. The van der Waals surface area contributed by atoms with Gasteiger partial charge in [-0.05, 0) is 25.1 Å². The Morgan fingerprint density at radius 1 is 1.48 bits per heavy atom. The first kappa shape index (κ1) is 14.1. The van der Waals surface area contributed by atoms with Crippen molar-refractivity contribution in [1.29, 1.82) is 0 Å². The summed E-state index contributed by atoms with van der Waals surface area (Å²) in [6.07, 6.45) is 1.54. The first-order chi connectivity index (χ1) is 10.0. The summed E-state index contributed by atoms with van der Waals surface area (Å²) in [5.41, 5.74) is 4.78. The molecule has 0 spiro atoms. The maximum Gasteiger partial charge on any atom is 0.134 e. The van der Waals surface area contributed by atoms with Crippen molar-refractivity contribution in [3.05, 3.63) is 52.3 Å². The molecule has 110 valence electrons.